The maximum Gasteiger partial charge on any atom is 0.305 e. The fraction of sp³-hybridized carbons (Fsp3) is 0.704. The molecule has 0 radical (unpaired) electrons. The third-order valence-electron chi connectivity index (χ3n) is 7.71. The monoisotopic (exact) mass is 624 g/mol. The maximum absolute atomic E-state index is 13.5. The Kier molecular flexibility index (Phi) is 14.0. The van der Waals surface area contributed by atoms with E-state index in [0.717, 1.165) is 0 Å². The average Bonchev–Trinajstić information content (AvgIpc) is 3.46. The Morgan fingerprint density at radius 2 is 1.50 bits per heavy atom. The Labute approximate surface area is 254 Å². The van der Waals surface area contributed by atoms with E-state index in [0.29, 0.717) is 38.6 Å². The number of aliphatic carboxylic acids is 1. The number of carbonyl (C=O) groups is 8. The highest BCUT2D eigenvalue weighted by Crippen LogP contribution is 2.18. The SMILES string of the molecule is CC[C@H](C)[C@@H]1NC(=O)[C@H](CCCCN)NC(=O)[C@@H]2CCCN2C(=O)CNC(=O)[C@H](CC(N)=O)NC(=O)[C@H](CC(=O)O)NC1=O. The van der Waals surface area contributed by atoms with Crippen molar-refractivity contribution in [1.82, 2.24) is 31.5 Å². The number of carbonyl (C=O) groups excluding carboxylic acids is 7. The van der Waals surface area contributed by atoms with Gasteiger partial charge < -0.3 is 48.1 Å². The molecule has 0 saturated carbocycles. The number of nitrogens with one attached hydrogen (secondary N) is 5. The largest absolute Gasteiger partial charge is 0.481 e. The topological polar surface area (TPSA) is 272 Å². The maximum atomic E-state index is 13.5. The first kappa shape index (κ1) is 35.9. The molecule has 10 N–H and O–H groups in total. The van der Waals surface area contributed by atoms with E-state index in [1.54, 1.807) is 13.8 Å². The molecule has 0 bridgehead atoms. The molecule has 0 unspecified atom stereocenters. The van der Waals surface area contributed by atoms with Crippen molar-refractivity contribution in [3.05, 3.63) is 0 Å². The van der Waals surface area contributed by atoms with Crippen LogP contribution in [0.5, 0.6) is 0 Å². The molecule has 246 valence electrons. The van der Waals surface area contributed by atoms with E-state index in [-0.39, 0.29) is 13.0 Å². The predicted molar refractivity (Wildman–Crippen MR) is 154 cm³/mol. The summed E-state index contributed by atoms with van der Waals surface area (Å²) in [6, 6.07) is -6.56. The van der Waals surface area contributed by atoms with Crippen LogP contribution in [0.3, 0.4) is 0 Å². The Balaban J connectivity index is 2.52. The number of nitrogens with two attached hydrogens (primary N) is 2. The molecule has 0 spiro atoms. The number of unbranched alkanes of at least 4 members (excludes halogenated alkanes) is 1. The molecule has 2 heterocycles. The second kappa shape index (κ2) is 17.1. The molecule has 2 aliphatic rings. The summed E-state index contributed by atoms with van der Waals surface area (Å²) in [6.45, 7) is 3.41. The summed E-state index contributed by atoms with van der Waals surface area (Å²) in [5, 5.41) is 21.6. The van der Waals surface area contributed by atoms with E-state index in [1.807, 2.05) is 0 Å². The minimum absolute atomic E-state index is 0.186. The van der Waals surface area contributed by atoms with Crippen LogP contribution in [0, 0.1) is 5.92 Å². The molecule has 6 atom stereocenters. The van der Waals surface area contributed by atoms with E-state index in [1.165, 1.54) is 4.90 Å². The van der Waals surface area contributed by atoms with Crippen molar-refractivity contribution in [2.75, 3.05) is 19.6 Å². The lowest BCUT2D eigenvalue weighted by molar-refractivity contribution is -0.142. The number of hydrogen-bond donors (Lipinski definition) is 8. The van der Waals surface area contributed by atoms with Gasteiger partial charge in [-0.2, -0.15) is 0 Å². The quantitative estimate of drug-likeness (QED) is 0.111. The molecule has 44 heavy (non-hydrogen) atoms. The number of carboxylic acid groups (broad SMARTS) is 1. The lowest BCUT2D eigenvalue weighted by atomic mass is 9.96. The number of fused-ring (bicyclic) bond motifs is 1. The molecule has 0 aromatic rings. The standard InChI is InChI=1S/C27H44N8O9/c1-3-14(2)22-27(44)33-17(12-21(38)39)25(42)32-16(11-19(29)36)23(40)30-13-20(37)35-10-6-8-18(35)26(43)31-15(24(41)34-22)7-4-5-9-28/h14-18,22H,3-13,28H2,1-2H3,(H2,29,36)(H,30,40)(H,31,43)(H,32,42)(H,33,44)(H,34,41)(H,38,39)/t14-,15-,16-,17-,18-,22-/m0/s1. The summed E-state index contributed by atoms with van der Waals surface area (Å²) in [6.07, 6.45) is 0.841. The van der Waals surface area contributed by atoms with E-state index in [4.69, 9.17) is 11.5 Å². The van der Waals surface area contributed by atoms with Crippen LogP contribution in [-0.2, 0) is 38.4 Å². The number of carboxylic acids is 1. The molecule has 17 nitrogen and oxygen atoms in total. The van der Waals surface area contributed by atoms with Crippen LogP contribution < -0.4 is 38.1 Å². The zero-order valence-electron chi connectivity index (χ0n) is 25.1. The summed E-state index contributed by atoms with van der Waals surface area (Å²) < 4.78 is 0. The highest BCUT2D eigenvalue weighted by molar-refractivity contribution is 5.99. The van der Waals surface area contributed by atoms with Gasteiger partial charge in [0.1, 0.15) is 30.2 Å². The van der Waals surface area contributed by atoms with Crippen molar-refractivity contribution in [3.63, 3.8) is 0 Å². The first-order valence-electron chi connectivity index (χ1n) is 14.8. The van der Waals surface area contributed by atoms with Gasteiger partial charge in [0.25, 0.3) is 0 Å². The van der Waals surface area contributed by atoms with Gasteiger partial charge in [0.05, 0.1) is 19.4 Å². The van der Waals surface area contributed by atoms with Crippen molar-refractivity contribution >= 4 is 47.3 Å². The number of hydrogen-bond acceptors (Lipinski definition) is 9. The van der Waals surface area contributed by atoms with Gasteiger partial charge in [0.2, 0.25) is 41.4 Å². The number of amides is 7. The lowest BCUT2D eigenvalue weighted by Gasteiger charge is -2.30. The highest BCUT2D eigenvalue weighted by atomic mass is 16.4. The summed E-state index contributed by atoms with van der Waals surface area (Å²) >= 11 is 0. The zero-order chi connectivity index (χ0) is 33.0. The van der Waals surface area contributed by atoms with Crippen molar-refractivity contribution in [2.24, 2.45) is 17.4 Å². The summed E-state index contributed by atoms with van der Waals surface area (Å²) in [5.74, 6) is -7.73. The molecule has 0 aliphatic carbocycles. The summed E-state index contributed by atoms with van der Waals surface area (Å²) in [7, 11) is 0. The van der Waals surface area contributed by atoms with Crippen LogP contribution in [-0.4, -0.2) is 107 Å². The predicted octanol–water partition coefficient (Wildman–Crippen LogP) is -3.43. The molecule has 17 heteroatoms. The van der Waals surface area contributed by atoms with Gasteiger partial charge in [0, 0.05) is 6.54 Å². The van der Waals surface area contributed by atoms with E-state index in [2.05, 4.69) is 26.6 Å². The third-order valence-corrected chi connectivity index (χ3v) is 7.71. The summed E-state index contributed by atoms with van der Waals surface area (Å²) in [5.41, 5.74) is 10.8. The Morgan fingerprint density at radius 1 is 0.886 bits per heavy atom. The van der Waals surface area contributed by atoms with Gasteiger partial charge in [-0.15, -0.1) is 0 Å². The lowest BCUT2D eigenvalue weighted by Crippen LogP contribution is -2.61. The first-order chi connectivity index (χ1) is 20.8. The Bertz CT molecular complexity index is 1120. The Morgan fingerprint density at radius 3 is 2.11 bits per heavy atom. The van der Waals surface area contributed by atoms with Gasteiger partial charge in [0.15, 0.2) is 0 Å². The summed E-state index contributed by atoms with van der Waals surface area (Å²) in [4.78, 5) is 104. The van der Waals surface area contributed by atoms with Gasteiger partial charge in [-0.1, -0.05) is 20.3 Å². The number of nitrogens with zero attached hydrogens (tertiary/aromatic N) is 1. The van der Waals surface area contributed by atoms with Crippen molar-refractivity contribution in [1.29, 1.82) is 0 Å². The molecule has 2 aliphatic heterocycles. The fourth-order valence-corrected chi connectivity index (χ4v) is 5.04. The molecular formula is C27H44N8O9. The zero-order valence-corrected chi connectivity index (χ0v) is 25.1. The second-order valence-electron chi connectivity index (χ2n) is 11.1. The Hall–Kier alpha value is -4.28. The minimum atomic E-state index is -1.71. The van der Waals surface area contributed by atoms with Crippen molar-refractivity contribution in [2.45, 2.75) is 95.4 Å². The van der Waals surface area contributed by atoms with Gasteiger partial charge in [-0.05, 0) is 44.6 Å². The molecule has 2 rings (SSSR count). The van der Waals surface area contributed by atoms with Crippen molar-refractivity contribution < 1.29 is 43.5 Å². The van der Waals surface area contributed by atoms with Crippen molar-refractivity contribution in [3.8, 4) is 0 Å². The third kappa shape index (κ3) is 10.5. The average molecular weight is 625 g/mol. The molecule has 2 fully saturated rings. The van der Waals surface area contributed by atoms with Crippen LogP contribution in [0.1, 0.15) is 65.2 Å². The van der Waals surface area contributed by atoms with Crippen LogP contribution in [0.4, 0.5) is 0 Å². The number of primary amides is 1. The first-order valence-corrected chi connectivity index (χ1v) is 14.8. The van der Waals surface area contributed by atoms with E-state index in [9.17, 15) is 43.5 Å². The van der Waals surface area contributed by atoms with Gasteiger partial charge in [-0.3, -0.25) is 38.4 Å². The van der Waals surface area contributed by atoms with Crippen LogP contribution >= 0.6 is 0 Å². The second-order valence-corrected chi connectivity index (χ2v) is 11.1. The molecule has 0 aromatic heterocycles. The minimum Gasteiger partial charge on any atom is -0.481 e. The normalized spacial score (nSPS) is 26.6. The molecule has 7 amide bonds. The molecular weight excluding hydrogens is 580 g/mol. The van der Waals surface area contributed by atoms with Crippen LogP contribution in [0.15, 0.2) is 0 Å². The van der Waals surface area contributed by atoms with Gasteiger partial charge >= 0.3 is 5.97 Å². The van der Waals surface area contributed by atoms with E-state index < -0.39 is 103 Å². The molecule has 0 aromatic carbocycles. The smallest absolute Gasteiger partial charge is 0.305 e. The van der Waals surface area contributed by atoms with E-state index >= 15 is 0 Å². The number of rotatable bonds is 10. The van der Waals surface area contributed by atoms with Gasteiger partial charge in [-0.25, -0.2) is 0 Å². The fourth-order valence-electron chi connectivity index (χ4n) is 5.04. The highest BCUT2D eigenvalue weighted by Gasteiger charge is 2.38. The van der Waals surface area contributed by atoms with Crippen LogP contribution in [0.25, 0.3) is 0 Å². The van der Waals surface area contributed by atoms with Crippen LogP contribution in [0.2, 0.25) is 0 Å². The molecule has 2 saturated heterocycles.